The van der Waals surface area contributed by atoms with Crippen molar-refractivity contribution in [1.82, 2.24) is 25.5 Å². The molecule has 3 heterocycles. The van der Waals surface area contributed by atoms with Crippen LogP contribution < -0.4 is 5.32 Å². The molecule has 1 aliphatic rings. The lowest BCUT2D eigenvalue weighted by atomic mass is 10.2. The van der Waals surface area contributed by atoms with Crippen molar-refractivity contribution in [2.24, 2.45) is 0 Å². The summed E-state index contributed by atoms with van der Waals surface area (Å²) in [5, 5.41) is 22.8. The van der Waals surface area contributed by atoms with Gasteiger partial charge in [0.25, 0.3) is 0 Å². The van der Waals surface area contributed by atoms with Crippen LogP contribution in [0.2, 0.25) is 0 Å². The summed E-state index contributed by atoms with van der Waals surface area (Å²) < 4.78 is 20.0. The Hall–Kier alpha value is -3.23. The molecule has 5 rings (SSSR count). The van der Waals surface area contributed by atoms with Crippen molar-refractivity contribution < 1.29 is 13.6 Å². The quantitative estimate of drug-likeness (QED) is 0.433. The molecule has 162 valence electrons. The van der Waals surface area contributed by atoms with Gasteiger partial charge in [0.05, 0.1) is 28.4 Å². The highest BCUT2D eigenvalue weighted by Gasteiger charge is 2.44. The van der Waals surface area contributed by atoms with Gasteiger partial charge >= 0.3 is 0 Å². The third-order valence-electron chi connectivity index (χ3n) is 5.06. The number of carbonyl (C=O) groups is 1. The number of alkyl halides is 1. The number of hydrogen-bond donors (Lipinski definition) is 1. The minimum Gasteiger partial charge on any atom is -0.424 e. The molecule has 1 atom stereocenters. The predicted octanol–water partition coefficient (Wildman–Crippen LogP) is 4.14. The molecule has 0 saturated heterocycles. The Kier molecular flexibility index (Phi) is 5.19. The van der Waals surface area contributed by atoms with Gasteiger partial charge in [-0.1, -0.05) is 6.07 Å². The van der Waals surface area contributed by atoms with E-state index < -0.39 is 11.7 Å². The Morgan fingerprint density at radius 2 is 2.16 bits per heavy atom. The van der Waals surface area contributed by atoms with Crippen LogP contribution in [-0.4, -0.2) is 31.6 Å². The van der Waals surface area contributed by atoms with E-state index in [1.807, 2.05) is 23.6 Å². The second kappa shape index (κ2) is 8.03. The molecule has 0 radical (unpaired) electrons. The Balaban J connectivity index is 1.27. The molecule has 11 heteroatoms. The molecule has 1 amide bonds. The van der Waals surface area contributed by atoms with Crippen LogP contribution in [0.1, 0.15) is 47.7 Å². The maximum absolute atomic E-state index is 13.5. The topological polar surface area (TPSA) is 118 Å². The number of halogens is 1. The predicted molar refractivity (Wildman–Crippen MR) is 117 cm³/mol. The van der Waals surface area contributed by atoms with E-state index in [-0.39, 0.29) is 18.2 Å². The van der Waals surface area contributed by atoms with E-state index in [2.05, 4.69) is 31.6 Å². The van der Waals surface area contributed by atoms with Crippen LogP contribution in [0.25, 0.3) is 21.5 Å². The fraction of sp³-hybridized carbons (Fsp3) is 0.333. The van der Waals surface area contributed by atoms with Gasteiger partial charge in [0.15, 0.2) is 0 Å². The first-order chi connectivity index (χ1) is 15.4. The van der Waals surface area contributed by atoms with Crippen molar-refractivity contribution in [1.29, 1.82) is 5.26 Å². The van der Waals surface area contributed by atoms with Crippen molar-refractivity contribution in [2.45, 2.75) is 44.3 Å². The molecule has 1 aliphatic carbocycles. The molecule has 0 aliphatic heterocycles. The van der Waals surface area contributed by atoms with Gasteiger partial charge < -0.3 is 9.73 Å². The van der Waals surface area contributed by atoms with Gasteiger partial charge in [-0.3, -0.25) is 4.79 Å². The van der Waals surface area contributed by atoms with Crippen LogP contribution in [0, 0.1) is 11.3 Å². The highest BCUT2D eigenvalue weighted by atomic mass is 32.1. The summed E-state index contributed by atoms with van der Waals surface area (Å²) in [6, 6.07) is 7.94. The van der Waals surface area contributed by atoms with Gasteiger partial charge in [-0.05, 0) is 31.9 Å². The third-order valence-corrected chi connectivity index (χ3v) is 7.07. The molecule has 32 heavy (non-hydrogen) atoms. The fourth-order valence-corrected chi connectivity index (χ4v) is 4.97. The summed E-state index contributed by atoms with van der Waals surface area (Å²) >= 11 is 2.81. The number of nitriles is 1. The highest BCUT2D eigenvalue weighted by molar-refractivity contribution is 7.18. The number of thiazole rings is 2. The smallest absolute Gasteiger partial charge is 0.230 e. The van der Waals surface area contributed by atoms with E-state index in [0.29, 0.717) is 30.2 Å². The summed E-state index contributed by atoms with van der Waals surface area (Å²) in [6.07, 6.45) is 0.544. The zero-order chi connectivity index (χ0) is 22.3. The summed E-state index contributed by atoms with van der Waals surface area (Å²) in [5.41, 5.74) is 1.78. The fourth-order valence-electron chi connectivity index (χ4n) is 3.21. The Labute approximate surface area is 190 Å². The minimum atomic E-state index is -1.08. The zero-order valence-electron chi connectivity index (χ0n) is 17.0. The number of nitrogens with one attached hydrogen (secondary N) is 1. The maximum atomic E-state index is 13.5. The van der Waals surface area contributed by atoms with Crippen molar-refractivity contribution in [3.8, 4) is 17.3 Å². The molecular formula is C21H17FN6O2S2. The van der Waals surface area contributed by atoms with Gasteiger partial charge in [-0.15, -0.1) is 32.9 Å². The second-order valence-electron chi connectivity index (χ2n) is 7.66. The summed E-state index contributed by atoms with van der Waals surface area (Å²) in [4.78, 5) is 21.0. The normalized spacial score (nSPS) is 15.4. The lowest BCUT2D eigenvalue weighted by molar-refractivity contribution is -0.121. The molecule has 0 bridgehead atoms. The number of nitrogens with zero attached hydrogens (tertiary/aromatic N) is 5. The number of amides is 1. The average molecular weight is 469 g/mol. The third kappa shape index (κ3) is 4.24. The average Bonchev–Trinajstić information content (AvgIpc) is 3.15. The van der Waals surface area contributed by atoms with Crippen molar-refractivity contribution in [3.63, 3.8) is 0 Å². The Morgan fingerprint density at radius 1 is 1.34 bits per heavy atom. The van der Waals surface area contributed by atoms with Crippen molar-refractivity contribution in [2.75, 3.05) is 0 Å². The Morgan fingerprint density at radius 3 is 2.88 bits per heavy atom. The SMILES string of the molecule is CC(F)c1nc(-c2ccc3nc(Cc4nnc(CC(=O)NC5(C#N)CC5)o4)sc3c2)cs1. The second-order valence-corrected chi connectivity index (χ2v) is 9.67. The van der Waals surface area contributed by atoms with Crippen LogP contribution >= 0.6 is 22.7 Å². The van der Waals surface area contributed by atoms with Crippen LogP contribution in [0.5, 0.6) is 0 Å². The van der Waals surface area contributed by atoms with E-state index in [1.165, 1.54) is 29.6 Å². The van der Waals surface area contributed by atoms with E-state index in [1.54, 1.807) is 0 Å². The number of hydrogen-bond acceptors (Lipinski definition) is 9. The minimum absolute atomic E-state index is 0.0627. The molecule has 3 aromatic heterocycles. The molecule has 0 spiro atoms. The molecule has 1 N–H and O–H groups in total. The number of aromatic nitrogens is 4. The van der Waals surface area contributed by atoms with Crippen LogP contribution in [-0.2, 0) is 17.6 Å². The van der Waals surface area contributed by atoms with Gasteiger partial charge in [0, 0.05) is 10.9 Å². The first-order valence-corrected chi connectivity index (χ1v) is 11.7. The van der Waals surface area contributed by atoms with Crippen molar-refractivity contribution in [3.05, 3.63) is 45.4 Å². The molecule has 4 aromatic rings. The molecular weight excluding hydrogens is 451 g/mol. The van der Waals surface area contributed by atoms with Crippen LogP contribution in [0.15, 0.2) is 28.0 Å². The van der Waals surface area contributed by atoms with E-state index >= 15 is 0 Å². The maximum Gasteiger partial charge on any atom is 0.230 e. The van der Waals surface area contributed by atoms with E-state index in [9.17, 15) is 9.18 Å². The number of benzene rings is 1. The first-order valence-electron chi connectivity index (χ1n) is 9.96. The first kappa shape index (κ1) is 20.7. The van der Waals surface area contributed by atoms with Gasteiger partial charge in [-0.2, -0.15) is 5.26 Å². The number of carbonyl (C=O) groups excluding carboxylic acids is 1. The molecule has 1 fully saturated rings. The standard InChI is InChI=1S/C21H17FN6O2S2/c1-11(22)20-25-14(9-31-20)12-2-3-13-15(6-12)32-19(24-13)8-18-28-27-17(30-18)7-16(29)26-21(10-23)4-5-21/h2-3,6,9,11H,4-5,7-8H2,1H3,(H,26,29). The van der Waals surface area contributed by atoms with Crippen molar-refractivity contribution >= 4 is 38.8 Å². The van der Waals surface area contributed by atoms with Crippen LogP contribution in [0.3, 0.4) is 0 Å². The number of fused-ring (bicyclic) bond motifs is 1. The molecule has 1 saturated carbocycles. The summed E-state index contributed by atoms with van der Waals surface area (Å²) in [7, 11) is 0. The molecule has 8 nitrogen and oxygen atoms in total. The highest BCUT2D eigenvalue weighted by Crippen LogP contribution is 2.34. The van der Waals surface area contributed by atoms with E-state index in [4.69, 9.17) is 9.68 Å². The Bertz CT molecular complexity index is 1350. The van der Waals surface area contributed by atoms with Gasteiger partial charge in [0.2, 0.25) is 17.7 Å². The number of rotatable bonds is 7. The largest absolute Gasteiger partial charge is 0.424 e. The summed E-state index contributed by atoms with van der Waals surface area (Å²) in [5.74, 6) is 0.268. The van der Waals surface area contributed by atoms with E-state index in [0.717, 1.165) is 26.5 Å². The van der Waals surface area contributed by atoms with Crippen LogP contribution in [0.4, 0.5) is 4.39 Å². The molecule has 1 aromatic carbocycles. The van der Waals surface area contributed by atoms with Gasteiger partial charge in [-0.25, -0.2) is 14.4 Å². The van der Waals surface area contributed by atoms with Gasteiger partial charge in [0.1, 0.15) is 28.1 Å². The zero-order valence-corrected chi connectivity index (χ0v) is 18.6. The monoisotopic (exact) mass is 468 g/mol. The summed E-state index contributed by atoms with van der Waals surface area (Å²) in [6.45, 7) is 1.48. The molecule has 1 unspecified atom stereocenters. The lowest BCUT2D eigenvalue weighted by Crippen LogP contribution is -2.36. The lowest BCUT2D eigenvalue weighted by Gasteiger charge is -2.06.